The van der Waals surface area contributed by atoms with Crippen molar-refractivity contribution >= 4 is 5.91 Å². The number of carbonyl (C=O) groups is 1. The Hall–Kier alpha value is -2.14. The van der Waals surface area contributed by atoms with Gasteiger partial charge in [0, 0.05) is 24.7 Å². The Kier molecular flexibility index (Phi) is 3.51. The van der Waals surface area contributed by atoms with Gasteiger partial charge in [-0.2, -0.15) is 0 Å². The molecule has 1 aromatic carbocycles. The van der Waals surface area contributed by atoms with Crippen LogP contribution in [-0.4, -0.2) is 39.8 Å². The number of hydrogen-bond donors (Lipinski definition) is 1. The van der Waals surface area contributed by atoms with Gasteiger partial charge in [-0.1, -0.05) is 35.5 Å². The van der Waals surface area contributed by atoms with Gasteiger partial charge < -0.3 is 14.5 Å². The molecule has 3 rings (SSSR count). The van der Waals surface area contributed by atoms with Crippen molar-refractivity contribution in [3.8, 4) is 11.3 Å². The third kappa shape index (κ3) is 2.97. The zero-order chi connectivity index (χ0) is 14.9. The van der Waals surface area contributed by atoms with Gasteiger partial charge in [0.15, 0.2) is 11.5 Å². The molecular weight excluding hydrogens is 268 g/mol. The largest absolute Gasteiger partial charge is 0.390 e. The Bertz CT molecular complexity index is 624. The molecule has 1 aromatic heterocycles. The van der Waals surface area contributed by atoms with Crippen LogP contribution in [0.15, 0.2) is 40.9 Å². The Morgan fingerprint density at radius 1 is 1.29 bits per heavy atom. The number of hydrogen-bond acceptors (Lipinski definition) is 4. The van der Waals surface area contributed by atoms with Gasteiger partial charge in [-0.25, -0.2) is 0 Å². The van der Waals surface area contributed by atoms with Gasteiger partial charge in [0.25, 0.3) is 5.91 Å². The molecule has 110 valence electrons. The van der Waals surface area contributed by atoms with Crippen LogP contribution in [0, 0.1) is 0 Å². The standard InChI is InChI=1S/C16H18N2O3/c1-16(20)7-9-18(10-8-16)15(19)13-11-14(21-17-13)12-5-3-2-4-6-12/h2-6,11,20H,7-10H2,1H3. The number of nitrogens with zero attached hydrogens (tertiary/aromatic N) is 2. The molecule has 0 atom stereocenters. The van der Waals surface area contributed by atoms with Crippen LogP contribution in [0.3, 0.4) is 0 Å². The average molecular weight is 286 g/mol. The van der Waals surface area contributed by atoms with Crippen molar-refractivity contribution in [2.75, 3.05) is 13.1 Å². The van der Waals surface area contributed by atoms with E-state index in [1.54, 1.807) is 17.9 Å². The summed E-state index contributed by atoms with van der Waals surface area (Å²) < 4.78 is 5.26. The molecule has 0 aliphatic carbocycles. The number of benzene rings is 1. The number of aliphatic hydroxyl groups is 1. The van der Waals surface area contributed by atoms with Crippen molar-refractivity contribution < 1.29 is 14.4 Å². The molecule has 1 fully saturated rings. The van der Waals surface area contributed by atoms with Crippen LogP contribution in [0.5, 0.6) is 0 Å². The highest BCUT2D eigenvalue weighted by atomic mass is 16.5. The molecule has 1 saturated heterocycles. The third-order valence-corrected chi connectivity index (χ3v) is 3.92. The molecule has 5 nitrogen and oxygen atoms in total. The van der Waals surface area contributed by atoms with Crippen LogP contribution in [-0.2, 0) is 0 Å². The molecule has 0 saturated carbocycles. The number of aromatic nitrogens is 1. The molecule has 0 unspecified atom stereocenters. The van der Waals surface area contributed by atoms with Gasteiger partial charge in [0.1, 0.15) is 0 Å². The SMILES string of the molecule is CC1(O)CCN(C(=O)c2cc(-c3ccccc3)on2)CC1. The molecule has 2 heterocycles. The Morgan fingerprint density at radius 2 is 1.95 bits per heavy atom. The van der Waals surface area contributed by atoms with Crippen molar-refractivity contribution in [3.63, 3.8) is 0 Å². The monoisotopic (exact) mass is 286 g/mol. The molecule has 21 heavy (non-hydrogen) atoms. The first kappa shape index (κ1) is 13.8. The summed E-state index contributed by atoms with van der Waals surface area (Å²) in [5.74, 6) is 0.444. The number of rotatable bonds is 2. The van der Waals surface area contributed by atoms with Crippen molar-refractivity contribution in [2.45, 2.75) is 25.4 Å². The van der Waals surface area contributed by atoms with E-state index in [1.807, 2.05) is 30.3 Å². The van der Waals surface area contributed by atoms with E-state index in [1.165, 1.54) is 0 Å². The van der Waals surface area contributed by atoms with Crippen molar-refractivity contribution in [2.24, 2.45) is 0 Å². The molecular formula is C16H18N2O3. The lowest BCUT2D eigenvalue weighted by atomic mass is 9.94. The fourth-order valence-electron chi connectivity index (χ4n) is 2.47. The van der Waals surface area contributed by atoms with Crippen molar-refractivity contribution in [1.82, 2.24) is 10.1 Å². The van der Waals surface area contributed by atoms with E-state index in [9.17, 15) is 9.90 Å². The first-order valence-electron chi connectivity index (χ1n) is 7.09. The minimum Gasteiger partial charge on any atom is -0.390 e. The maximum Gasteiger partial charge on any atom is 0.276 e. The number of piperidine rings is 1. The quantitative estimate of drug-likeness (QED) is 0.920. The summed E-state index contributed by atoms with van der Waals surface area (Å²) in [5.41, 5.74) is 0.538. The normalized spacial score (nSPS) is 17.7. The molecule has 1 amide bonds. The van der Waals surface area contributed by atoms with Crippen LogP contribution < -0.4 is 0 Å². The highest BCUT2D eigenvalue weighted by molar-refractivity contribution is 5.93. The molecule has 2 aromatic rings. The molecule has 0 spiro atoms. The first-order chi connectivity index (χ1) is 10.1. The van der Waals surface area contributed by atoms with E-state index in [0.717, 1.165) is 5.56 Å². The predicted octanol–water partition coefficient (Wildman–Crippen LogP) is 2.33. The molecule has 1 aliphatic heterocycles. The lowest BCUT2D eigenvalue weighted by Crippen LogP contribution is -2.45. The second-order valence-corrected chi connectivity index (χ2v) is 5.73. The summed E-state index contributed by atoms with van der Waals surface area (Å²) in [6, 6.07) is 11.2. The lowest BCUT2D eigenvalue weighted by molar-refractivity contribution is -0.00228. The van der Waals surface area contributed by atoms with E-state index in [0.29, 0.717) is 37.4 Å². The van der Waals surface area contributed by atoms with Gasteiger partial charge in [0.05, 0.1) is 5.60 Å². The summed E-state index contributed by atoms with van der Waals surface area (Å²) in [5, 5.41) is 13.8. The van der Waals surface area contributed by atoms with Gasteiger partial charge in [-0.3, -0.25) is 4.79 Å². The number of likely N-dealkylation sites (tertiary alicyclic amines) is 1. The third-order valence-electron chi connectivity index (χ3n) is 3.92. The number of carbonyl (C=O) groups excluding carboxylic acids is 1. The summed E-state index contributed by atoms with van der Waals surface area (Å²) in [4.78, 5) is 14.1. The average Bonchev–Trinajstić information content (AvgIpc) is 2.97. The topological polar surface area (TPSA) is 66.6 Å². The second kappa shape index (κ2) is 5.33. The maximum absolute atomic E-state index is 12.4. The van der Waals surface area contributed by atoms with E-state index < -0.39 is 5.60 Å². The maximum atomic E-state index is 12.4. The van der Waals surface area contributed by atoms with E-state index >= 15 is 0 Å². The minimum atomic E-state index is -0.671. The highest BCUT2D eigenvalue weighted by Crippen LogP contribution is 2.24. The van der Waals surface area contributed by atoms with E-state index in [2.05, 4.69) is 5.16 Å². The minimum absolute atomic E-state index is 0.142. The van der Waals surface area contributed by atoms with Crippen LogP contribution in [0.1, 0.15) is 30.3 Å². The van der Waals surface area contributed by atoms with Crippen molar-refractivity contribution in [3.05, 3.63) is 42.1 Å². The first-order valence-corrected chi connectivity index (χ1v) is 7.09. The van der Waals surface area contributed by atoms with Gasteiger partial charge in [0.2, 0.25) is 0 Å². The van der Waals surface area contributed by atoms with Crippen molar-refractivity contribution in [1.29, 1.82) is 0 Å². The fourth-order valence-corrected chi connectivity index (χ4v) is 2.47. The van der Waals surface area contributed by atoms with Crippen LogP contribution in [0.25, 0.3) is 11.3 Å². The molecule has 5 heteroatoms. The summed E-state index contributed by atoms with van der Waals surface area (Å²) in [7, 11) is 0. The zero-order valence-electron chi connectivity index (χ0n) is 12.0. The van der Waals surface area contributed by atoms with Crippen LogP contribution in [0.2, 0.25) is 0 Å². The molecule has 1 N–H and O–H groups in total. The Morgan fingerprint density at radius 3 is 2.62 bits per heavy atom. The van der Waals surface area contributed by atoms with Crippen LogP contribution in [0.4, 0.5) is 0 Å². The Labute approximate surface area is 123 Å². The molecule has 1 aliphatic rings. The predicted molar refractivity (Wildman–Crippen MR) is 77.7 cm³/mol. The Balaban J connectivity index is 1.73. The number of amides is 1. The summed E-state index contributed by atoms with van der Waals surface area (Å²) in [6.45, 7) is 2.89. The fraction of sp³-hybridized carbons (Fsp3) is 0.375. The molecule has 0 radical (unpaired) electrons. The van der Waals surface area contributed by atoms with E-state index in [4.69, 9.17) is 4.52 Å². The lowest BCUT2D eigenvalue weighted by Gasteiger charge is -2.35. The molecule has 0 bridgehead atoms. The smallest absolute Gasteiger partial charge is 0.276 e. The summed E-state index contributed by atoms with van der Waals surface area (Å²) in [6.07, 6.45) is 1.17. The van der Waals surface area contributed by atoms with Gasteiger partial charge in [-0.15, -0.1) is 0 Å². The van der Waals surface area contributed by atoms with E-state index in [-0.39, 0.29) is 5.91 Å². The van der Waals surface area contributed by atoms with Gasteiger partial charge >= 0.3 is 0 Å². The highest BCUT2D eigenvalue weighted by Gasteiger charge is 2.31. The zero-order valence-corrected chi connectivity index (χ0v) is 12.0. The summed E-state index contributed by atoms with van der Waals surface area (Å²) >= 11 is 0. The van der Waals surface area contributed by atoms with Gasteiger partial charge in [-0.05, 0) is 19.8 Å². The second-order valence-electron chi connectivity index (χ2n) is 5.73. The van der Waals surface area contributed by atoms with Crippen LogP contribution >= 0.6 is 0 Å².